The minimum Gasteiger partial charge on any atom is -0.297 e. The normalized spacial score (nSPS) is 13.8. The van der Waals surface area contributed by atoms with Crippen LogP contribution in [0, 0.1) is 18.6 Å². The molecule has 106 valence electrons. The number of carbonyl (C=O) groups is 2. The molecule has 0 radical (unpaired) electrons. The summed E-state index contributed by atoms with van der Waals surface area (Å²) in [7, 11) is 0. The molecule has 2 aromatic rings. The number of aryl methyl sites for hydroxylation is 1. The van der Waals surface area contributed by atoms with Crippen LogP contribution < -0.4 is 4.90 Å². The summed E-state index contributed by atoms with van der Waals surface area (Å²) in [5, 5.41) is 0. The Bertz CT molecular complexity index is 771. The van der Waals surface area contributed by atoms with E-state index in [1.54, 1.807) is 12.1 Å². The first-order chi connectivity index (χ1) is 10.0. The van der Waals surface area contributed by atoms with Crippen molar-refractivity contribution in [3.63, 3.8) is 0 Å². The largest absolute Gasteiger partial charge is 0.299 e. The van der Waals surface area contributed by atoms with Crippen LogP contribution in [-0.2, 0) is 11.3 Å². The molecule has 0 aliphatic carbocycles. The highest BCUT2D eigenvalue weighted by Crippen LogP contribution is 2.34. The van der Waals surface area contributed by atoms with Crippen LogP contribution in [0.4, 0.5) is 14.5 Å². The van der Waals surface area contributed by atoms with E-state index >= 15 is 0 Å². The first-order valence-electron chi connectivity index (χ1n) is 6.39. The lowest BCUT2D eigenvalue weighted by Gasteiger charge is -2.18. The summed E-state index contributed by atoms with van der Waals surface area (Å²) >= 11 is 0. The van der Waals surface area contributed by atoms with Crippen LogP contribution in [-0.4, -0.2) is 11.7 Å². The van der Waals surface area contributed by atoms with E-state index in [9.17, 15) is 18.4 Å². The summed E-state index contributed by atoms with van der Waals surface area (Å²) in [6.07, 6.45) is 0. The second kappa shape index (κ2) is 4.77. The average molecular weight is 287 g/mol. The van der Waals surface area contributed by atoms with E-state index in [0.29, 0.717) is 0 Å². The highest BCUT2D eigenvalue weighted by atomic mass is 19.1. The van der Waals surface area contributed by atoms with Gasteiger partial charge in [-0.1, -0.05) is 24.3 Å². The quantitative estimate of drug-likeness (QED) is 0.796. The molecule has 3 nitrogen and oxygen atoms in total. The Morgan fingerprint density at radius 1 is 1.00 bits per heavy atom. The molecule has 0 saturated heterocycles. The van der Waals surface area contributed by atoms with E-state index < -0.39 is 28.9 Å². The Morgan fingerprint density at radius 2 is 1.67 bits per heavy atom. The number of hydrogen-bond acceptors (Lipinski definition) is 2. The van der Waals surface area contributed by atoms with Gasteiger partial charge < -0.3 is 0 Å². The number of benzene rings is 2. The molecule has 21 heavy (non-hydrogen) atoms. The fraction of sp³-hybridized carbons (Fsp3) is 0.125. The third-order valence-electron chi connectivity index (χ3n) is 3.60. The van der Waals surface area contributed by atoms with Crippen molar-refractivity contribution >= 4 is 17.4 Å². The van der Waals surface area contributed by atoms with Crippen molar-refractivity contribution in [1.29, 1.82) is 0 Å². The van der Waals surface area contributed by atoms with E-state index in [0.717, 1.165) is 28.2 Å². The van der Waals surface area contributed by atoms with E-state index in [2.05, 4.69) is 0 Å². The average Bonchev–Trinajstić information content (AvgIpc) is 2.71. The first kappa shape index (κ1) is 13.4. The number of ketones is 1. The molecule has 0 atom stereocenters. The van der Waals surface area contributed by atoms with Crippen LogP contribution in [0.25, 0.3) is 0 Å². The van der Waals surface area contributed by atoms with Gasteiger partial charge in [-0.25, -0.2) is 8.78 Å². The molecule has 5 heteroatoms. The maximum Gasteiger partial charge on any atom is 0.299 e. The summed E-state index contributed by atoms with van der Waals surface area (Å²) in [5.41, 5.74) is 0.931. The predicted molar refractivity (Wildman–Crippen MR) is 73.1 cm³/mol. The smallest absolute Gasteiger partial charge is 0.297 e. The van der Waals surface area contributed by atoms with Gasteiger partial charge in [0, 0.05) is 0 Å². The van der Waals surface area contributed by atoms with Gasteiger partial charge in [0.05, 0.1) is 17.8 Å². The molecule has 0 bridgehead atoms. The number of Topliss-reactive ketones (excluding diaryl/α,β-unsaturated/α-hetero) is 1. The minimum atomic E-state index is -1.00. The number of amides is 1. The molecule has 1 heterocycles. The molecular formula is C16H11F2NO2. The zero-order chi connectivity index (χ0) is 15.1. The SMILES string of the molecule is Cc1ccccc1CN1C(=O)C(=O)c2c(F)ccc(F)c21. The second-order valence-corrected chi connectivity index (χ2v) is 4.90. The van der Waals surface area contributed by atoms with Crippen LogP contribution in [0.3, 0.4) is 0 Å². The molecule has 1 aliphatic heterocycles. The maximum absolute atomic E-state index is 14.0. The van der Waals surface area contributed by atoms with Crippen LogP contribution in [0.1, 0.15) is 21.5 Å². The highest BCUT2D eigenvalue weighted by Gasteiger charge is 2.40. The molecule has 3 rings (SSSR count). The Balaban J connectivity index is 2.10. The lowest BCUT2D eigenvalue weighted by Crippen LogP contribution is -2.29. The molecule has 1 amide bonds. The number of fused-ring (bicyclic) bond motifs is 1. The number of nitrogens with zero attached hydrogens (tertiary/aromatic N) is 1. The van der Waals surface area contributed by atoms with Crippen molar-refractivity contribution in [2.75, 3.05) is 4.90 Å². The Morgan fingerprint density at radius 3 is 2.38 bits per heavy atom. The zero-order valence-corrected chi connectivity index (χ0v) is 11.2. The lowest BCUT2D eigenvalue weighted by atomic mass is 10.1. The van der Waals surface area contributed by atoms with Crippen LogP contribution in [0.15, 0.2) is 36.4 Å². The standard InChI is InChI=1S/C16H11F2NO2/c1-9-4-2-3-5-10(9)8-19-14-12(18)7-6-11(17)13(14)15(20)16(19)21/h2-7H,8H2,1H3. The molecule has 0 saturated carbocycles. The Hall–Kier alpha value is -2.56. The predicted octanol–water partition coefficient (Wildman–Crippen LogP) is 3.00. The van der Waals surface area contributed by atoms with Crippen molar-refractivity contribution in [1.82, 2.24) is 0 Å². The van der Waals surface area contributed by atoms with Crippen LogP contribution in [0.2, 0.25) is 0 Å². The van der Waals surface area contributed by atoms with Gasteiger partial charge in [-0.05, 0) is 30.2 Å². The Kier molecular flexibility index (Phi) is 3.05. The van der Waals surface area contributed by atoms with Gasteiger partial charge in [0.25, 0.3) is 11.7 Å². The molecule has 0 spiro atoms. The number of rotatable bonds is 2. The third kappa shape index (κ3) is 2.01. The topological polar surface area (TPSA) is 37.4 Å². The van der Waals surface area contributed by atoms with Crippen molar-refractivity contribution in [3.8, 4) is 0 Å². The molecule has 0 unspecified atom stereocenters. The van der Waals surface area contributed by atoms with Crippen LogP contribution in [0.5, 0.6) is 0 Å². The van der Waals surface area contributed by atoms with E-state index in [-0.39, 0.29) is 12.2 Å². The van der Waals surface area contributed by atoms with Crippen molar-refractivity contribution in [2.24, 2.45) is 0 Å². The summed E-state index contributed by atoms with van der Waals surface area (Å²) < 4.78 is 27.7. The molecule has 2 aromatic carbocycles. The van der Waals surface area contributed by atoms with E-state index in [1.807, 2.05) is 19.1 Å². The summed E-state index contributed by atoms with van der Waals surface area (Å²) in [6.45, 7) is 1.88. The first-order valence-corrected chi connectivity index (χ1v) is 6.39. The molecule has 0 aromatic heterocycles. The molecule has 0 fully saturated rings. The fourth-order valence-electron chi connectivity index (χ4n) is 2.46. The van der Waals surface area contributed by atoms with Gasteiger partial charge in [0.2, 0.25) is 0 Å². The Labute approximate surface area is 119 Å². The van der Waals surface area contributed by atoms with E-state index in [1.165, 1.54) is 0 Å². The van der Waals surface area contributed by atoms with Gasteiger partial charge in [0.1, 0.15) is 11.6 Å². The third-order valence-corrected chi connectivity index (χ3v) is 3.60. The molecular weight excluding hydrogens is 276 g/mol. The highest BCUT2D eigenvalue weighted by molar-refractivity contribution is 6.52. The minimum absolute atomic E-state index is 0.0324. The van der Waals surface area contributed by atoms with Gasteiger partial charge in [-0.15, -0.1) is 0 Å². The van der Waals surface area contributed by atoms with Crippen molar-refractivity contribution < 1.29 is 18.4 Å². The summed E-state index contributed by atoms with van der Waals surface area (Å²) in [6, 6.07) is 9.03. The monoisotopic (exact) mass is 287 g/mol. The maximum atomic E-state index is 14.0. The summed E-state index contributed by atoms with van der Waals surface area (Å²) in [5.74, 6) is -3.57. The van der Waals surface area contributed by atoms with Crippen molar-refractivity contribution in [2.45, 2.75) is 13.5 Å². The number of carbonyl (C=O) groups excluding carboxylic acids is 2. The number of halogens is 2. The van der Waals surface area contributed by atoms with Gasteiger partial charge in [0.15, 0.2) is 0 Å². The second-order valence-electron chi connectivity index (χ2n) is 4.90. The van der Waals surface area contributed by atoms with E-state index in [4.69, 9.17) is 0 Å². The van der Waals surface area contributed by atoms with Gasteiger partial charge in [-0.2, -0.15) is 0 Å². The molecule has 0 N–H and O–H groups in total. The van der Waals surface area contributed by atoms with Gasteiger partial charge >= 0.3 is 0 Å². The molecule has 1 aliphatic rings. The van der Waals surface area contributed by atoms with Crippen LogP contribution >= 0.6 is 0 Å². The van der Waals surface area contributed by atoms with Crippen molar-refractivity contribution in [3.05, 3.63) is 64.7 Å². The van der Waals surface area contributed by atoms with Gasteiger partial charge in [-0.3, -0.25) is 14.5 Å². The lowest BCUT2D eigenvalue weighted by molar-refractivity contribution is -0.114. The number of anilines is 1. The number of hydrogen-bond donors (Lipinski definition) is 0. The zero-order valence-electron chi connectivity index (χ0n) is 11.2. The fourth-order valence-corrected chi connectivity index (χ4v) is 2.46. The summed E-state index contributed by atoms with van der Waals surface area (Å²) in [4.78, 5) is 24.9.